The van der Waals surface area contributed by atoms with Gasteiger partial charge in [0.25, 0.3) is 0 Å². The van der Waals surface area contributed by atoms with Gasteiger partial charge in [-0.3, -0.25) is 9.59 Å². The van der Waals surface area contributed by atoms with E-state index in [0.29, 0.717) is 6.42 Å². The highest BCUT2D eigenvalue weighted by Crippen LogP contribution is 2.29. The molecule has 0 saturated heterocycles. The molecule has 0 heterocycles. The molecule has 62 valence electrons. The van der Waals surface area contributed by atoms with Gasteiger partial charge in [-0.1, -0.05) is 0 Å². The molecule has 1 saturated carbocycles. The van der Waals surface area contributed by atoms with Crippen molar-refractivity contribution >= 4 is 11.9 Å². The Morgan fingerprint density at radius 2 is 2.09 bits per heavy atom. The van der Waals surface area contributed by atoms with E-state index in [4.69, 9.17) is 10.2 Å². The van der Waals surface area contributed by atoms with Gasteiger partial charge in [0.2, 0.25) is 0 Å². The minimum atomic E-state index is -0.957. The Kier molecular flexibility index (Phi) is 2.09. The number of nitrogens with one attached hydrogen (secondary N) is 1. The topological polar surface area (TPSA) is 86.6 Å². The van der Waals surface area contributed by atoms with Crippen molar-refractivity contribution in [3.63, 3.8) is 0 Å². The maximum atomic E-state index is 10.2. The smallest absolute Gasteiger partial charge is 0.317 e. The van der Waals surface area contributed by atoms with Gasteiger partial charge in [-0.15, -0.1) is 0 Å². The zero-order valence-corrected chi connectivity index (χ0v) is 5.78. The Morgan fingerprint density at radius 3 is 2.45 bits per heavy atom. The van der Waals surface area contributed by atoms with E-state index in [2.05, 4.69) is 5.32 Å². The highest BCUT2D eigenvalue weighted by atomic mass is 16.4. The third-order valence-corrected chi connectivity index (χ3v) is 1.62. The summed E-state index contributed by atoms with van der Waals surface area (Å²) < 4.78 is 0. The molecule has 1 aliphatic rings. The second-order valence-corrected chi connectivity index (χ2v) is 2.56. The fraction of sp³-hybridized carbons (Fsp3) is 0.667. The number of carboxylic acids is 2. The zero-order chi connectivity index (χ0) is 8.43. The molecule has 3 N–H and O–H groups in total. The van der Waals surface area contributed by atoms with Gasteiger partial charge in [0.05, 0.1) is 12.5 Å². The molecular formula is C6H9NO4. The van der Waals surface area contributed by atoms with Gasteiger partial charge in [-0.2, -0.15) is 0 Å². The van der Waals surface area contributed by atoms with Gasteiger partial charge < -0.3 is 15.5 Å². The lowest BCUT2D eigenvalue weighted by Crippen LogP contribution is -2.26. The molecule has 0 radical (unpaired) electrons. The average Bonchev–Trinajstić information content (AvgIpc) is 2.61. The molecule has 1 rings (SSSR count). The van der Waals surface area contributed by atoms with Crippen molar-refractivity contribution in [2.45, 2.75) is 12.5 Å². The molecule has 5 nitrogen and oxygen atoms in total. The van der Waals surface area contributed by atoms with E-state index in [0.717, 1.165) is 0 Å². The number of hydrogen-bond acceptors (Lipinski definition) is 3. The molecular weight excluding hydrogens is 150 g/mol. The summed E-state index contributed by atoms with van der Waals surface area (Å²) in [6.07, 6.45) is 0.544. The van der Waals surface area contributed by atoms with Crippen molar-refractivity contribution in [2.24, 2.45) is 5.92 Å². The van der Waals surface area contributed by atoms with E-state index >= 15 is 0 Å². The van der Waals surface area contributed by atoms with E-state index < -0.39 is 11.9 Å². The first-order chi connectivity index (χ1) is 5.11. The quantitative estimate of drug-likeness (QED) is 0.496. The van der Waals surface area contributed by atoms with E-state index in [1.807, 2.05) is 0 Å². The Morgan fingerprint density at radius 1 is 1.45 bits per heavy atom. The second-order valence-electron chi connectivity index (χ2n) is 2.56. The molecule has 1 fully saturated rings. The van der Waals surface area contributed by atoms with Gasteiger partial charge in [0.15, 0.2) is 0 Å². The van der Waals surface area contributed by atoms with Crippen LogP contribution >= 0.6 is 0 Å². The predicted molar refractivity (Wildman–Crippen MR) is 35.2 cm³/mol. The third kappa shape index (κ3) is 2.19. The molecule has 11 heavy (non-hydrogen) atoms. The minimum absolute atomic E-state index is 0.136. The number of hydrogen-bond donors (Lipinski definition) is 3. The third-order valence-electron chi connectivity index (χ3n) is 1.62. The number of carboxylic acid groups (broad SMARTS) is 2. The first-order valence-electron chi connectivity index (χ1n) is 3.29. The van der Waals surface area contributed by atoms with Crippen LogP contribution in [0.3, 0.4) is 0 Å². The van der Waals surface area contributed by atoms with Crippen molar-refractivity contribution < 1.29 is 19.8 Å². The average molecular weight is 159 g/mol. The summed E-state index contributed by atoms with van der Waals surface area (Å²) in [7, 11) is 0. The first-order valence-corrected chi connectivity index (χ1v) is 3.29. The molecule has 1 aliphatic carbocycles. The normalized spacial score (nSPS) is 28.0. The second kappa shape index (κ2) is 2.87. The fourth-order valence-electron chi connectivity index (χ4n) is 0.912. The molecule has 0 aromatic rings. The van der Waals surface area contributed by atoms with Crippen LogP contribution in [0.4, 0.5) is 0 Å². The van der Waals surface area contributed by atoms with Crippen molar-refractivity contribution in [3.8, 4) is 0 Å². The molecule has 0 aromatic carbocycles. The van der Waals surface area contributed by atoms with Crippen LogP contribution in [0.5, 0.6) is 0 Å². The van der Waals surface area contributed by atoms with E-state index in [-0.39, 0.29) is 18.5 Å². The minimum Gasteiger partial charge on any atom is -0.481 e. The summed E-state index contributed by atoms with van der Waals surface area (Å²) in [5, 5.41) is 19.2. The summed E-state index contributed by atoms with van der Waals surface area (Å²) in [4.78, 5) is 20.2. The molecule has 0 spiro atoms. The summed E-state index contributed by atoms with van der Waals surface area (Å²) >= 11 is 0. The Balaban J connectivity index is 2.14. The molecule has 2 unspecified atom stereocenters. The lowest BCUT2D eigenvalue weighted by atomic mass is 10.4. The van der Waals surface area contributed by atoms with Gasteiger partial charge >= 0.3 is 11.9 Å². The maximum Gasteiger partial charge on any atom is 0.317 e. The Hall–Kier alpha value is -1.10. The van der Waals surface area contributed by atoms with E-state index in [1.165, 1.54) is 0 Å². The number of carbonyl (C=O) groups is 2. The summed E-state index contributed by atoms with van der Waals surface area (Å²) in [5.41, 5.74) is 0. The van der Waals surface area contributed by atoms with Crippen LogP contribution in [0.1, 0.15) is 6.42 Å². The Bertz CT molecular complexity index is 191. The summed E-state index contributed by atoms with van der Waals surface area (Å²) in [5.74, 6) is -2.19. The van der Waals surface area contributed by atoms with Crippen molar-refractivity contribution in [1.29, 1.82) is 0 Å². The molecule has 0 amide bonds. The Labute approximate surface area is 63.0 Å². The van der Waals surface area contributed by atoms with Crippen LogP contribution in [0.15, 0.2) is 0 Å². The summed E-state index contributed by atoms with van der Waals surface area (Å²) in [6.45, 7) is -0.158. The van der Waals surface area contributed by atoms with Crippen LogP contribution in [-0.4, -0.2) is 34.7 Å². The van der Waals surface area contributed by atoms with Gasteiger partial charge in [0.1, 0.15) is 0 Å². The van der Waals surface area contributed by atoms with Crippen LogP contribution in [-0.2, 0) is 9.59 Å². The van der Waals surface area contributed by atoms with Gasteiger partial charge in [0, 0.05) is 6.04 Å². The van der Waals surface area contributed by atoms with Crippen molar-refractivity contribution in [1.82, 2.24) is 5.32 Å². The van der Waals surface area contributed by atoms with Crippen molar-refractivity contribution in [2.75, 3.05) is 6.54 Å². The fourth-order valence-corrected chi connectivity index (χ4v) is 0.912. The van der Waals surface area contributed by atoms with E-state index in [9.17, 15) is 9.59 Å². The predicted octanol–water partition coefficient (Wildman–Crippen LogP) is -0.866. The van der Waals surface area contributed by atoms with Crippen LogP contribution in [0.25, 0.3) is 0 Å². The monoisotopic (exact) mass is 159 g/mol. The highest BCUT2D eigenvalue weighted by Gasteiger charge is 2.42. The molecule has 2 atom stereocenters. The van der Waals surface area contributed by atoms with Crippen molar-refractivity contribution in [3.05, 3.63) is 0 Å². The first kappa shape index (κ1) is 8.00. The van der Waals surface area contributed by atoms with Crippen LogP contribution in [0.2, 0.25) is 0 Å². The maximum absolute atomic E-state index is 10.2. The van der Waals surface area contributed by atoms with Crippen LogP contribution < -0.4 is 5.32 Å². The number of aliphatic carboxylic acids is 2. The number of rotatable bonds is 4. The van der Waals surface area contributed by atoms with Crippen LogP contribution in [0, 0.1) is 5.92 Å². The molecule has 0 aliphatic heterocycles. The SMILES string of the molecule is O=C(O)CNC1CC1C(=O)O. The molecule has 0 bridgehead atoms. The van der Waals surface area contributed by atoms with Gasteiger partial charge in [-0.05, 0) is 6.42 Å². The lowest BCUT2D eigenvalue weighted by Gasteiger charge is -1.96. The molecule has 0 aromatic heterocycles. The van der Waals surface area contributed by atoms with Gasteiger partial charge in [-0.25, -0.2) is 0 Å². The summed E-state index contributed by atoms with van der Waals surface area (Å²) in [6, 6.07) is -0.136. The van der Waals surface area contributed by atoms with E-state index in [1.54, 1.807) is 0 Å². The molecule has 5 heteroatoms. The lowest BCUT2D eigenvalue weighted by molar-refractivity contribution is -0.139. The zero-order valence-electron chi connectivity index (χ0n) is 5.78. The largest absolute Gasteiger partial charge is 0.481 e. The highest BCUT2D eigenvalue weighted by molar-refractivity contribution is 5.75. The standard InChI is InChI=1S/C6H9NO4/c8-5(9)2-7-4-1-3(4)6(10)11/h3-4,7H,1-2H2,(H,8,9)(H,10,11).